The molecule has 1 aliphatic rings. The molecule has 0 spiro atoms. The molecule has 0 saturated carbocycles. The molecule has 1 aromatic carbocycles. The molecule has 0 fully saturated rings. The van der Waals surface area contributed by atoms with Crippen LogP contribution in [0.2, 0.25) is 0 Å². The molecule has 1 heterocycles. The fourth-order valence-corrected chi connectivity index (χ4v) is 18.4. The molecule has 0 N–H and O–H groups in total. The van der Waals surface area contributed by atoms with E-state index in [1.807, 2.05) is 0 Å². The Labute approximate surface area is 198 Å². The van der Waals surface area contributed by atoms with E-state index < -0.39 is 0 Å². The van der Waals surface area contributed by atoms with Crippen LogP contribution in [-0.2, 0) is 30.4 Å². The van der Waals surface area contributed by atoms with E-state index in [-0.39, 0.29) is 54.6 Å². The third-order valence-electron chi connectivity index (χ3n) is 4.37. The summed E-state index contributed by atoms with van der Waals surface area (Å²) >= 11 is 8.27. The molecule has 1 atom stereocenters. The van der Waals surface area contributed by atoms with E-state index >= 15 is 0 Å². The first-order valence-corrected chi connectivity index (χ1v) is 15.6. The van der Waals surface area contributed by atoms with Crippen LogP contribution < -0.4 is 2.67 Å². The summed E-state index contributed by atoms with van der Waals surface area (Å²) in [4.78, 5) is 14.0. The molecular formula is C13H14ClNORaRbRe. The number of rotatable bonds is 1. The molecule has 2 nitrogen and oxygen atoms in total. The third-order valence-corrected chi connectivity index (χ3v) is 14.5. The first-order chi connectivity index (χ1) is 8.90. The van der Waals surface area contributed by atoms with Crippen molar-refractivity contribution < 1.29 is 66.8 Å². The first-order valence-electron chi connectivity index (χ1n) is 6.53. The van der Waals surface area contributed by atoms with Crippen molar-refractivity contribution in [3.05, 3.63) is 22.3 Å². The molecular weight excluding hydrogens is 719 g/mol. The maximum atomic E-state index is 12.0. The van der Waals surface area contributed by atoms with Crippen molar-refractivity contribution in [3.8, 4) is 0 Å². The number of nitrogens with zero attached hydrogens (tertiary/aromatic N) is 1. The zero-order chi connectivity index (χ0) is 14.3. The van der Waals surface area contributed by atoms with Gasteiger partial charge in [0.15, 0.2) is 0 Å². The van der Waals surface area contributed by atoms with Gasteiger partial charge in [0.1, 0.15) is 0 Å². The van der Waals surface area contributed by atoms with Crippen LogP contribution in [0.4, 0.5) is 0 Å². The molecule has 1 amide bonds. The molecule has 19 heavy (non-hydrogen) atoms. The Kier molecular flexibility index (Phi) is 7.36. The van der Waals surface area contributed by atoms with E-state index in [0.717, 1.165) is 13.0 Å². The third kappa shape index (κ3) is 3.55. The molecule has 0 saturated heterocycles. The normalized spacial score (nSPS) is 18.4. The van der Waals surface area contributed by atoms with Gasteiger partial charge in [0, 0.05) is 0 Å². The number of hydrogen-bond donors (Lipinski definition) is 0. The van der Waals surface area contributed by atoms with Gasteiger partial charge >= 0.3 is 203 Å². The fraction of sp³-hybridized carbons (Fsp3) is 0.462. The van der Waals surface area contributed by atoms with E-state index in [1.165, 1.54) is 15.2 Å². The van der Waals surface area contributed by atoms with Gasteiger partial charge in [0.2, 0.25) is 0 Å². The summed E-state index contributed by atoms with van der Waals surface area (Å²) < 4.78 is 3.55. The van der Waals surface area contributed by atoms with Gasteiger partial charge in [-0.15, -0.1) is 0 Å². The van der Waals surface area contributed by atoms with Crippen molar-refractivity contribution in [1.29, 1.82) is 0 Å². The predicted molar refractivity (Wildman–Crippen MR) is 71.2 cm³/mol. The minimum atomic E-state index is 0.122. The first kappa shape index (κ1) is 18.3. The quantitative estimate of drug-likeness (QED) is 0.378. The average Bonchev–Trinajstić information content (AvgIpc) is 2.41. The van der Waals surface area contributed by atoms with Gasteiger partial charge in [-0.1, -0.05) is 0 Å². The summed E-state index contributed by atoms with van der Waals surface area (Å²) in [5, 5.41) is 0. The van der Waals surface area contributed by atoms with Gasteiger partial charge in [0.25, 0.3) is 0 Å². The Morgan fingerprint density at radius 2 is 2.16 bits per heavy atom. The van der Waals surface area contributed by atoms with E-state index in [4.69, 9.17) is 11.6 Å². The van der Waals surface area contributed by atoms with Crippen molar-refractivity contribution in [2.45, 2.75) is 21.4 Å². The number of benzene rings is 1. The van der Waals surface area contributed by atoms with Crippen LogP contribution in [-0.4, -0.2) is 78.8 Å². The van der Waals surface area contributed by atoms with Crippen molar-refractivity contribution >= 4 is 75.7 Å². The van der Waals surface area contributed by atoms with E-state index in [1.54, 1.807) is 29.0 Å². The van der Waals surface area contributed by atoms with E-state index in [9.17, 15) is 4.79 Å². The number of amides is 1. The molecule has 0 aromatic heterocycles. The molecule has 6 heteroatoms. The summed E-state index contributed by atoms with van der Waals surface area (Å²) in [6, 6.07) is 0. The Morgan fingerprint density at radius 3 is 2.74 bits per heavy atom. The molecule has 2 rings (SSSR count). The van der Waals surface area contributed by atoms with Crippen LogP contribution in [0, 0.1) is 56.6 Å². The summed E-state index contributed by atoms with van der Waals surface area (Å²) in [6.07, 6.45) is 1.02. The van der Waals surface area contributed by atoms with Crippen molar-refractivity contribution in [1.82, 2.24) is 4.90 Å². The van der Waals surface area contributed by atoms with Crippen LogP contribution >= 0.6 is 11.6 Å². The number of hydrogen-bond acceptors (Lipinski definition) is 1. The summed E-state index contributed by atoms with van der Waals surface area (Å²) in [7, 11) is 0. The van der Waals surface area contributed by atoms with Gasteiger partial charge < -0.3 is 0 Å². The number of alkyl halides is 1. The van der Waals surface area contributed by atoms with Gasteiger partial charge in [0.05, 0.1) is 0 Å². The Morgan fingerprint density at radius 1 is 1.53 bits per heavy atom. The van der Waals surface area contributed by atoms with Crippen LogP contribution in [0.1, 0.15) is 23.3 Å². The minimum absolute atomic E-state index is 0.122. The fourth-order valence-electron chi connectivity index (χ4n) is 3.03. The number of carbonyl (C=O) groups excluding carboxylic acids is 1. The number of fused-ring (bicyclic) bond motifs is 1. The average molecular weight is 733 g/mol. The zero-order valence-corrected chi connectivity index (χ0v) is 28.4. The monoisotopic (exact) mass is 733 g/mol. The van der Waals surface area contributed by atoms with Crippen molar-refractivity contribution in [2.75, 3.05) is 12.4 Å². The van der Waals surface area contributed by atoms with E-state index in [0.29, 0.717) is 56.6 Å². The van der Waals surface area contributed by atoms with Gasteiger partial charge in [-0.05, 0) is 0 Å². The second kappa shape index (κ2) is 7.66. The molecule has 94 valence electrons. The van der Waals surface area contributed by atoms with E-state index in [2.05, 4.69) is 18.7 Å². The number of carbonyl (C=O) groups is 1. The zero-order valence-electron chi connectivity index (χ0n) is 11.8. The second-order valence-corrected chi connectivity index (χ2v) is 13.8. The predicted octanol–water partition coefficient (Wildman–Crippen LogP) is 0.173. The Balaban J connectivity index is 2.58. The van der Waals surface area contributed by atoms with Gasteiger partial charge in [-0.25, -0.2) is 0 Å². The SMILES string of the molecule is Cc1c(C)[c]([Re])c2c([c]1[Rb])[CH]([RaH])N(C(=O)CCl)CC2. The Hall–Kier alpha value is 2.92. The molecule has 0 radical (unpaired) electrons. The molecule has 0 bridgehead atoms. The van der Waals surface area contributed by atoms with Crippen molar-refractivity contribution in [3.63, 3.8) is 0 Å². The van der Waals surface area contributed by atoms with Crippen LogP contribution in [0.15, 0.2) is 0 Å². The summed E-state index contributed by atoms with van der Waals surface area (Å²) in [5.41, 5.74) is 6.11. The summed E-state index contributed by atoms with van der Waals surface area (Å²) in [6.45, 7) is 5.39. The molecule has 1 aromatic rings. The van der Waals surface area contributed by atoms with Crippen LogP contribution in [0.3, 0.4) is 0 Å². The molecule has 0 aliphatic carbocycles. The van der Waals surface area contributed by atoms with Crippen LogP contribution in [0.25, 0.3) is 0 Å². The van der Waals surface area contributed by atoms with Gasteiger partial charge in [-0.2, -0.15) is 0 Å². The maximum absolute atomic E-state index is 12.0. The van der Waals surface area contributed by atoms with Crippen LogP contribution in [0.5, 0.6) is 0 Å². The second-order valence-electron chi connectivity index (χ2n) is 5.23. The number of halogens is 1. The topological polar surface area (TPSA) is 20.3 Å². The molecule has 1 aliphatic heterocycles. The standard InChI is InChI=1S/C13H13ClNO.Ra.Rb.Re.H/c1-9-5-11-3-4-15(13(16)7-14)8-12(11)6-10(9)2;;;;/h8H,3-4,7H2,1-2H3;;;;. The molecule has 1 unspecified atom stereocenters. The Bertz CT molecular complexity index is 552. The summed E-state index contributed by atoms with van der Waals surface area (Å²) in [5.74, 6) is 0.252. The van der Waals surface area contributed by atoms with Gasteiger partial charge in [-0.3, -0.25) is 0 Å². The van der Waals surface area contributed by atoms with Crippen molar-refractivity contribution in [2.24, 2.45) is 0 Å².